The van der Waals surface area contributed by atoms with Gasteiger partial charge in [-0.25, -0.2) is 17.6 Å². The molecule has 0 atom stereocenters. The molecule has 0 aliphatic heterocycles. The van der Waals surface area contributed by atoms with E-state index in [1.54, 1.807) is 0 Å². The maximum absolute atomic E-state index is 14.9. The Morgan fingerprint density at radius 3 is 2.00 bits per heavy atom. The fourth-order valence-electron chi connectivity index (χ4n) is 4.62. The zero-order valence-electron chi connectivity index (χ0n) is 15.2. The van der Waals surface area contributed by atoms with Crippen LogP contribution in [0.25, 0.3) is 11.1 Å². The predicted molar refractivity (Wildman–Crippen MR) is 94.3 cm³/mol. The molecule has 0 radical (unpaired) electrons. The third kappa shape index (κ3) is 3.03. The van der Waals surface area contributed by atoms with E-state index in [1.807, 2.05) is 0 Å². The summed E-state index contributed by atoms with van der Waals surface area (Å²) in [7, 11) is 0. The molecule has 2 aliphatic rings. The number of rotatable bonds is 2. The minimum Gasteiger partial charge on any atom is -0.203 e. The van der Waals surface area contributed by atoms with Crippen molar-refractivity contribution in [2.24, 2.45) is 5.92 Å². The number of hydrogen-bond acceptors (Lipinski definition) is 0. The minimum absolute atomic E-state index is 0.122. The zero-order chi connectivity index (χ0) is 20.2. The van der Waals surface area contributed by atoms with Gasteiger partial charge in [0.15, 0.2) is 23.3 Å². The van der Waals surface area contributed by atoms with E-state index < -0.39 is 29.3 Å². The van der Waals surface area contributed by atoms with Gasteiger partial charge in [-0.3, -0.25) is 0 Å². The standard InChI is InChI=1S/C22H18F6/c1-10-6-13-8-14-9-15(12-4-2-11(3-5-12)7-16(23)24)20(26)22(28)18(14)17(13)21(27)19(10)25/h6-7,9,11-12H,2-5,8H2,1H3. The summed E-state index contributed by atoms with van der Waals surface area (Å²) in [5.74, 6) is -4.96. The van der Waals surface area contributed by atoms with Crippen molar-refractivity contribution in [3.63, 3.8) is 0 Å². The van der Waals surface area contributed by atoms with E-state index in [9.17, 15) is 26.3 Å². The number of allylic oxidation sites excluding steroid dienone is 1. The molecular weight excluding hydrogens is 378 g/mol. The van der Waals surface area contributed by atoms with E-state index in [4.69, 9.17) is 0 Å². The third-order valence-corrected chi connectivity index (χ3v) is 5.99. The van der Waals surface area contributed by atoms with Crippen LogP contribution in [0.1, 0.15) is 53.9 Å². The van der Waals surface area contributed by atoms with Crippen molar-refractivity contribution in [2.45, 2.75) is 44.9 Å². The minimum atomic E-state index is -1.72. The summed E-state index contributed by atoms with van der Waals surface area (Å²) in [5.41, 5.74) is 0.789. The Kier molecular flexibility index (Phi) is 4.76. The zero-order valence-corrected chi connectivity index (χ0v) is 15.2. The normalized spacial score (nSPS) is 20.7. The van der Waals surface area contributed by atoms with Crippen LogP contribution in [0.2, 0.25) is 0 Å². The Morgan fingerprint density at radius 2 is 1.39 bits per heavy atom. The molecule has 0 unspecified atom stereocenters. The highest BCUT2D eigenvalue weighted by atomic mass is 19.3. The molecule has 2 aromatic rings. The van der Waals surface area contributed by atoms with Crippen LogP contribution in [-0.4, -0.2) is 0 Å². The maximum atomic E-state index is 14.9. The van der Waals surface area contributed by atoms with Crippen LogP contribution in [0.15, 0.2) is 24.3 Å². The van der Waals surface area contributed by atoms with Crippen molar-refractivity contribution in [1.29, 1.82) is 0 Å². The van der Waals surface area contributed by atoms with Crippen molar-refractivity contribution in [3.05, 3.63) is 69.8 Å². The lowest BCUT2D eigenvalue weighted by Crippen LogP contribution is -2.14. The van der Waals surface area contributed by atoms with Crippen LogP contribution in [0.3, 0.4) is 0 Å². The Bertz CT molecular complexity index is 979. The Hall–Kier alpha value is -2.24. The van der Waals surface area contributed by atoms with Crippen molar-refractivity contribution in [1.82, 2.24) is 0 Å². The third-order valence-electron chi connectivity index (χ3n) is 5.99. The molecule has 4 rings (SSSR count). The number of benzene rings is 2. The summed E-state index contributed by atoms with van der Waals surface area (Å²) < 4.78 is 82.9. The molecule has 2 aliphatic carbocycles. The van der Waals surface area contributed by atoms with Gasteiger partial charge in [0.2, 0.25) is 0 Å². The summed E-state index contributed by atoms with van der Waals surface area (Å²) in [5, 5.41) is 0. The van der Waals surface area contributed by atoms with E-state index in [-0.39, 0.29) is 40.5 Å². The summed E-state index contributed by atoms with van der Waals surface area (Å²) in [6.07, 6.45) is 1.29. The van der Waals surface area contributed by atoms with Gasteiger partial charge in [-0.1, -0.05) is 12.1 Å². The van der Waals surface area contributed by atoms with E-state index in [0.717, 1.165) is 6.08 Å². The molecule has 148 valence electrons. The van der Waals surface area contributed by atoms with Crippen molar-refractivity contribution >= 4 is 0 Å². The quantitative estimate of drug-likeness (QED) is 0.403. The first-order valence-corrected chi connectivity index (χ1v) is 9.29. The molecular formula is C22H18F6. The second-order valence-electron chi connectivity index (χ2n) is 7.73. The van der Waals surface area contributed by atoms with E-state index in [0.29, 0.717) is 36.8 Å². The summed E-state index contributed by atoms with van der Waals surface area (Å²) in [4.78, 5) is 0. The van der Waals surface area contributed by atoms with Crippen molar-refractivity contribution in [2.75, 3.05) is 0 Å². The first kappa shape index (κ1) is 19.1. The molecule has 0 saturated heterocycles. The van der Waals surface area contributed by atoms with Gasteiger partial charge in [-0.15, -0.1) is 0 Å². The smallest absolute Gasteiger partial charge is 0.203 e. The first-order valence-electron chi connectivity index (χ1n) is 9.29. The second-order valence-corrected chi connectivity index (χ2v) is 7.73. The van der Waals surface area contributed by atoms with Crippen LogP contribution in [0.5, 0.6) is 0 Å². The van der Waals surface area contributed by atoms with Gasteiger partial charge in [-0.2, -0.15) is 8.78 Å². The molecule has 1 fully saturated rings. The van der Waals surface area contributed by atoms with Crippen LogP contribution in [0, 0.1) is 36.1 Å². The highest BCUT2D eigenvalue weighted by molar-refractivity contribution is 5.79. The highest BCUT2D eigenvalue weighted by Crippen LogP contribution is 2.46. The van der Waals surface area contributed by atoms with Crippen molar-refractivity contribution < 1.29 is 26.3 Å². The second kappa shape index (κ2) is 6.98. The van der Waals surface area contributed by atoms with Crippen LogP contribution < -0.4 is 0 Å². The maximum Gasteiger partial charge on any atom is 0.266 e. The molecule has 2 aromatic carbocycles. The van der Waals surface area contributed by atoms with Crippen LogP contribution in [-0.2, 0) is 6.42 Å². The van der Waals surface area contributed by atoms with Gasteiger partial charge in [-0.05, 0) is 79.2 Å². The molecule has 0 spiro atoms. The van der Waals surface area contributed by atoms with Gasteiger partial charge >= 0.3 is 0 Å². The van der Waals surface area contributed by atoms with Gasteiger partial charge in [0.1, 0.15) is 0 Å². The molecule has 0 amide bonds. The summed E-state index contributed by atoms with van der Waals surface area (Å²) in [6, 6.07) is 3.00. The van der Waals surface area contributed by atoms with Gasteiger partial charge in [0.05, 0.1) is 0 Å². The van der Waals surface area contributed by atoms with Crippen LogP contribution >= 0.6 is 0 Å². The summed E-state index contributed by atoms with van der Waals surface area (Å²) >= 11 is 0. The van der Waals surface area contributed by atoms with E-state index in [2.05, 4.69) is 0 Å². The van der Waals surface area contributed by atoms with Gasteiger partial charge < -0.3 is 0 Å². The molecule has 0 bridgehead atoms. The Balaban J connectivity index is 1.71. The predicted octanol–water partition coefficient (Wildman–Crippen LogP) is 7.18. The number of fused-ring (bicyclic) bond motifs is 3. The van der Waals surface area contributed by atoms with Crippen molar-refractivity contribution in [3.8, 4) is 11.1 Å². The summed E-state index contributed by atoms with van der Waals surface area (Å²) in [6.45, 7) is 1.43. The fourth-order valence-corrected chi connectivity index (χ4v) is 4.62. The topological polar surface area (TPSA) is 0 Å². The molecule has 6 heteroatoms. The molecule has 0 aromatic heterocycles. The highest BCUT2D eigenvalue weighted by Gasteiger charge is 2.33. The first-order chi connectivity index (χ1) is 13.3. The van der Waals surface area contributed by atoms with Gasteiger partial charge in [0, 0.05) is 11.1 Å². The average molecular weight is 396 g/mol. The fraction of sp³-hybridized carbons (Fsp3) is 0.364. The number of hydrogen-bond donors (Lipinski definition) is 0. The SMILES string of the molecule is Cc1cc2c(c(F)c1F)-c1c(cc(C3CCC(C=C(F)F)CC3)c(F)c1F)C2. The lowest BCUT2D eigenvalue weighted by atomic mass is 9.78. The number of aryl methyl sites for hydroxylation is 1. The molecule has 1 saturated carbocycles. The average Bonchev–Trinajstić information content (AvgIpc) is 3.01. The van der Waals surface area contributed by atoms with E-state index >= 15 is 0 Å². The van der Waals surface area contributed by atoms with E-state index in [1.165, 1.54) is 19.1 Å². The Labute approximate surface area is 158 Å². The molecule has 0 nitrogen and oxygen atoms in total. The molecule has 0 heterocycles. The largest absolute Gasteiger partial charge is 0.266 e. The number of halogens is 6. The van der Waals surface area contributed by atoms with Crippen LogP contribution in [0.4, 0.5) is 26.3 Å². The molecule has 0 N–H and O–H groups in total. The van der Waals surface area contributed by atoms with Gasteiger partial charge in [0.25, 0.3) is 6.08 Å². The molecule has 28 heavy (non-hydrogen) atoms. The lowest BCUT2D eigenvalue weighted by molar-refractivity contribution is 0.344. The Morgan fingerprint density at radius 1 is 0.821 bits per heavy atom. The monoisotopic (exact) mass is 396 g/mol. The lowest BCUT2D eigenvalue weighted by Gasteiger charge is -2.27.